The monoisotopic (exact) mass is 332 g/mol. The van der Waals surface area contributed by atoms with Crippen molar-refractivity contribution in [1.82, 2.24) is 5.32 Å². The maximum absolute atomic E-state index is 12.2. The molecule has 0 fully saturated rings. The van der Waals surface area contributed by atoms with Crippen LogP contribution in [0.25, 0.3) is 0 Å². The highest BCUT2D eigenvalue weighted by Gasteiger charge is 2.09. The molecule has 1 rings (SSSR count). The maximum atomic E-state index is 12.2. The zero-order valence-electron chi connectivity index (χ0n) is 10.3. The third kappa shape index (κ3) is 6.50. The molecule has 0 saturated heterocycles. The number of alkyl halides is 2. The summed E-state index contributed by atoms with van der Waals surface area (Å²) in [5.41, 5.74) is 0.676. The summed E-state index contributed by atoms with van der Waals surface area (Å²) in [5, 5.41) is 11.5. The Balaban J connectivity index is 2.47. The number of hydrogen-bond donors (Lipinski definition) is 1. The molecule has 0 aromatic heterocycles. The van der Waals surface area contributed by atoms with Gasteiger partial charge < -0.3 is 10.1 Å². The van der Waals surface area contributed by atoms with Crippen molar-refractivity contribution in [3.05, 3.63) is 28.2 Å². The highest BCUT2D eigenvalue weighted by Crippen LogP contribution is 2.24. The molecule has 1 aromatic carbocycles. The lowest BCUT2D eigenvalue weighted by Crippen LogP contribution is -2.16. The predicted molar refractivity (Wildman–Crippen MR) is 71.9 cm³/mol. The van der Waals surface area contributed by atoms with Gasteiger partial charge in [-0.3, -0.25) is 0 Å². The van der Waals surface area contributed by atoms with Crippen molar-refractivity contribution in [3.8, 4) is 11.8 Å². The molecule has 1 aromatic rings. The van der Waals surface area contributed by atoms with Crippen LogP contribution in [0.15, 0.2) is 22.7 Å². The fourth-order valence-electron chi connectivity index (χ4n) is 1.57. The molecule has 0 aliphatic carbocycles. The fourth-order valence-corrected chi connectivity index (χ4v) is 1.98. The molecule has 104 valence electrons. The van der Waals surface area contributed by atoms with E-state index in [4.69, 9.17) is 5.26 Å². The normalized spacial score (nSPS) is 10.5. The average molecular weight is 333 g/mol. The SMILES string of the molecule is N#CCCCCNCc1cc(Br)ccc1OC(F)F. The van der Waals surface area contributed by atoms with E-state index in [1.165, 1.54) is 6.07 Å². The molecule has 1 N–H and O–H groups in total. The number of hydrogen-bond acceptors (Lipinski definition) is 3. The van der Waals surface area contributed by atoms with Crippen LogP contribution in [0.2, 0.25) is 0 Å². The van der Waals surface area contributed by atoms with Gasteiger partial charge in [0.2, 0.25) is 0 Å². The van der Waals surface area contributed by atoms with E-state index in [9.17, 15) is 8.78 Å². The van der Waals surface area contributed by atoms with Gasteiger partial charge in [-0.1, -0.05) is 15.9 Å². The van der Waals surface area contributed by atoms with Crippen LogP contribution in [0.3, 0.4) is 0 Å². The van der Waals surface area contributed by atoms with Gasteiger partial charge in [0, 0.05) is 23.0 Å². The van der Waals surface area contributed by atoms with Crippen LogP contribution in [0.4, 0.5) is 8.78 Å². The van der Waals surface area contributed by atoms with Crippen LogP contribution < -0.4 is 10.1 Å². The van der Waals surface area contributed by atoms with Gasteiger partial charge in [0.25, 0.3) is 0 Å². The maximum Gasteiger partial charge on any atom is 0.387 e. The summed E-state index contributed by atoms with van der Waals surface area (Å²) in [6.07, 6.45) is 2.26. The first-order chi connectivity index (χ1) is 9.13. The number of unbranched alkanes of at least 4 members (excludes halogenated alkanes) is 2. The Labute approximate surface area is 119 Å². The van der Waals surface area contributed by atoms with Crippen molar-refractivity contribution in [2.45, 2.75) is 32.4 Å². The molecule has 0 spiro atoms. The second-order valence-electron chi connectivity index (χ2n) is 3.92. The van der Waals surface area contributed by atoms with Crippen molar-refractivity contribution in [2.75, 3.05) is 6.54 Å². The molecular weight excluding hydrogens is 318 g/mol. The molecule has 0 atom stereocenters. The van der Waals surface area contributed by atoms with E-state index < -0.39 is 6.61 Å². The van der Waals surface area contributed by atoms with Gasteiger partial charge in [-0.15, -0.1) is 0 Å². The Morgan fingerprint density at radius 3 is 2.84 bits per heavy atom. The molecule has 0 heterocycles. The van der Waals surface area contributed by atoms with Crippen molar-refractivity contribution < 1.29 is 13.5 Å². The van der Waals surface area contributed by atoms with Crippen LogP contribution in [-0.2, 0) is 6.54 Å². The first-order valence-corrected chi connectivity index (χ1v) is 6.73. The second kappa shape index (κ2) is 8.83. The molecule has 0 aliphatic rings. The Bertz CT molecular complexity index is 435. The first kappa shape index (κ1) is 15.9. The summed E-state index contributed by atoms with van der Waals surface area (Å²) in [5.74, 6) is 0.183. The molecule has 0 saturated carbocycles. The number of nitrogens with zero attached hydrogens (tertiary/aromatic N) is 1. The zero-order valence-corrected chi connectivity index (χ0v) is 11.9. The fraction of sp³-hybridized carbons (Fsp3) is 0.462. The second-order valence-corrected chi connectivity index (χ2v) is 4.84. The highest BCUT2D eigenvalue weighted by molar-refractivity contribution is 9.10. The van der Waals surface area contributed by atoms with Crippen LogP contribution in [0, 0.1) is 11.3 Å². The Hall–Kier alpha value is -1.19. The van der Waals surface area contributed by atoms with E-state index >= 15 is 0 Å². The number of ether oxygens (including phenoxy) is 1. The minimum absolute atomic E-state index is 0.183. The number of nitriles is 1. The van der Waals surface area contributed by atoms with Crippen molar-refractivity contribution >= 4 is 15.9 Å². The Morgan fingerprint density at radius 2 is 2.16 bits per heavy atom. The van der Waals surface area contributed by atoms with Crippen molar-refractivity contribution in [1.29, 1.82) is 5.26 Å². The summed E-state index contributed by atoms with van der Waals surface area (Å²) in [6, 6.07) is 7.00. The summed E-state index contributed by atoms with van der Waals surface area (Å²) >= 11 is 3.30. The molecule has 0 amide bonds. The van der Waals surface area contributed by atoms with E-state index in [1.54, 1.807) is 12.1 Å². The van der Waals surface area contributed by atoms with Gasteiger partial charge in [0.05, 0.1) is 6.07 Å². The van der Waals surface area contributed by atoms with Crippen molar-refractivity contribution in [2.24, 2.45) is 0 Å². The molecule has 0 unspecified atom stereocenters. The van der Waals surface area contributed by atoms with Gasteiger partial charge >= 0.3 is 6.61 Å². The number of nitrogens with one attached hydrogen (secondary N) is 1. The van der Waals surface area contributed by atoms with Crippen LogP contribution in [0.5, 0.6) is 5.75 Å². The van der Waals surface area contributed by atoms with E-state index in [1.807, 2.05) is 0 Å². The van der Waals surface area contributed by atoms with Gasteiger partial charge in [-0.25, -0.2) is 0 Å². The standard InChI is InChI=1S/C13H15BrF2N2O/c14-11-4-5-12(19-13(15)16)10(8-11)9-18-7-3-1-2-6-17/h4-5,8,13,18H,1-3,7,9H2. The Morgan fingerprint density at radius 1 is 1.37 bits per heavy atom. The minimum Gasteiger partial charge on any atom is -0.434 e. The molecular formula is C13H15BrF2N2O. The summed E-state index contributed by atoms with van der Waals surface area (Å²) in [6.45, 7) is -1.63. The topological polar surface area (TPSA) is 45.0 Å². The average Bonchev–Trinajstić information content (AvgIpc) is 2.36. The van der Waals surface area contributed by atoms with E-state index in [0.717, 1.165) is 23.9 Å². The lowest BCUT2D eigenvalue weighted by Gasteiger charge is -2.12. The van der Waals surface area contributed by atoms with Gasteiger partial charge in [-0.05, 0) is 37.6 Å². The molecule has 0 bridgehead atoms. The molecule has 0 radical (unpaired) electrons. The summed E-state index contributed by atoms with van der Waals surface area (Å²) < 4.78 is 29.8. The van der Waals surface area contributed by atoms with Crippen molar-refractivity contribution in [3.63, 3.8) is 0 Å². The lowest BCUT2D eigenvalue weighted by atomic mass is 10.2. The lowest BCUT2D eigenvalue weighted by molar-refractivity contribution is -0.0505. The largest absolute Gasteiger partial charge is 0.434 e. The van der Waals surface area contributed by atoms with Crippen LogP contribution in [-0.4, -0.2) is 13.2 Å². The summed E-state index contributed by atoms with van der Waals surface area (Å²) in [7, 11) is 0. The van der Waals surface area contributed by atoms with E-state index in [0.29, 0.717) is 18.5 Å². The number of rotatable bonds is 8. The van der Waals surface area contributed by atoms with E-state index in [-0.39, 0.29) is 5.75 Å². The highest BCUT2D eigenvalue weighted by atomic mass is 79.9. The smallest absolute Gasteiger partial charge is 0.387 e. The molecule has 0 aliphatic heterocycles. The van der Waals surface area contributed by atoms with Crippen LogP contribution in [0.1, 0.15) is 24.8 Å². The minimum atomic E-state index is -2.82. The molecule has 6 heteroatoms. The first-order valence-electron chi connectivity index (χ1n) is 5.94. The molecule has 3 nitrogen and oxygen atoms in total. The Kier molecular flexibility index (Phi) is 7.38. The third-order valence-corrected chi connectivity index (χ3v) is 2.94. The zero-order chi connectivity index (χ0) is 14.1. The van der Waals surface area contributed by atoms with E-state index in [2.05, 4.69) is 32.1 Å². The van der Waals surface area contributed by atoms with Gasteiger partial charge in [-0.2, -0.15) is 14.0 Å². The van der Waals surface area contributed by atoms with Gasteiger partial charge in [0.1, 0.15) is 5.75 Å². The third-order valence-electron chi connectivity index (χ3n) is 2.45. The summed E-state index contributed by atoms with van der Waals surface area (Å²) in [4.78, 5) is 0. The number of halogens is 3. The van der Waals surface area contributed by atoms with Crippen LogP contribution >= 0.6 is 15.9 Å². The van der Waals surface area contributed by atoms with Gasteiger partial charge in [0.15, 0.2) is 0 Å². The number of benzene rings is 1. The molecule has 19 heavy (non-hydrogen) atoms. The predicted octanol–water partition coefficient (Wildman–Crippen LogP) is 3.83. The quantitative estimate of drug-likeness (QED) is 0.736.